The molecule has 16 heavy (non-hydrogen) atoms. The summed E-state index contributed by atoms with van der Waals surface area (Å²) in [4.78, 5) is 10.6. The zero-order valence-electron chi connectivity index (χ0n) is 8.16. The fourth-order valence-corrected chi connectivity index (χ4v) is 2.18. The number of rotatable bonds is 2. The number of methoxy groups -OCH3 is 1. The van der Waals surface area contributed by atoms with Crippen LogP contribution >= 0.6 is 15.9 Å². The highest BCUT2D eigenvalue weighted by molar-refractivity contribution is 9.10. The normalized spacial score (nSPS) is 9.62. The molecule has 0 saturated heterocycles. The standard InChI is InChI=1S/C12H9BrO2.CH4/c1-15-11-5-3-9-6-8(7-14)2-4-10(9)12(11)13;/h2-7H,1H3;1H4. The van der Waals surface area contributed by atoms with Gasteiger partial charge >= 0.3 is 0 Å². The van der Waals surface area contributed by atoms with Gasteiger partial charge in [-0.3, -0.25) is 4.79 Å². The molecule has 2 aromatic carbocycles. The molecular formula is C13H13BrO2. The number of carbonyl (C=O) groups is 1. The van der Waals surface area contributed by atoms with Crippen molar-refractivity contribution in [2.24, 2.45) is 0 Å². The van der Waals surface area contributed by atoms with Crippen molar-refractivity contribution < 1.29 is 9.53 Å². The predicted molar refractivity (Wildman–Crippen MR) is 70.3 cm³/mol. The quantitative estimate of drug-likeness (QED) is 0.776. The first-order valence-electron chi connectivity index (χ1n) is 4.47. The maximum atomic E-state index is 10.6. The van der Waals surface area contributed by atoms with Crippen LogP contribution < -0.4 is 4.74 Å². The van der Waals surface area contributed by atoms with Crippen LogP contribution in [0.1, 0.15) is 17.8 Å². The summed E-state index contributed by atoms with van der Waals surface area (Å²) >= 11 is 3.48. The SMILES string of the molecule is C.COc1ccc2cc(C=O)ccc2c1Br. The maximum absolute atomic E-state index is 10.6. The van der Waals surface area contributed by atoms with E-state index in [-0.39, 0.29) is 7.43 Å². The lowest BCUT2D eigenvalue weighted by Gasteiger charge is -2.06. The monoisotopic (exact) mass is 280 g/mol. The van der Waals surface area contributed by atoms with Gasteiger partial charge in [0.2, 0.25) is 0 Å². The van der Waals surface area contributed by atoms with Crippen LogP contribution in [0.2, 0.25) is 0 Å². The molecule has 0 amide bonds. The summed E-state index contributed by atoms with van der Waals surface area (Å²) in [5.74, 6) is 0.793. The Morgan fingerprint density at radius 2 is 2.00 bits per heavy atom. The Balaban J connectivity index is 0.00000128. The maximum Gasteiger partial charge on any atom is 0.150 e. The van der Waals surface area contributed by atoms with E-state index in [0.29, 0.717) is 5.56 Å². The number of hydrogen-bond acceptors (Lipinski definition) is 2. The summed E-state index contributed by atoms with van der Waals surface area (Å²) in [7, 11) is 1.63. The molecule has 0 heterocycles. The molecule has 0 N–H and O–H groups in total. The van der Waals surface area contributed by atoms with Crippen molar-refractivity contribution in [3.63, 3.8) is 0 Å². The van der Waals surface area contributed by atoms with Gasteiger partial charge < -0.3 is 4.74 Å². The van der Waals surface area contributed by atoms with Crippen molar-refractivity contribution in [2.45, 2.75) is 7.43 Å². The molecule has 0 radical (unpaired) electrons. The molecule has 0 fully saturated rings. The minimum absolute atomic E-state index is 0. The average Bonchev–Trinajstić information content (AvgIpc) is 2.29. The third-order valence-corrected chi connectivity index (χ3v) is 3.12. The Labute approximate surface area is 103 Å². The van der Waals surface area contributed by atoms with E-state index in [1.54, 1.807) is 13.2 Å². The lowest BCUT2D eigenvalue weighted by atomic mass is 10.1. The third kappa shape index (κ3) is 2.09. The Morgan fingerprint density at radius 3 is 2.62 bits per heavy atom. The molecular weight excluding hydrogens is 268 g/mol. The molecule has 0 saturated carbocycles. The number of carbonyl (C=O) groups excluding carboxylic acids is 1. The molecule has 0 aliphatic rings. The van der Waals surface area contributed by atoms with Crippen LogP contribution in [0.4, 0.5) is 0 Å². The Morgan fingerprint density at radius 1 is 1.25 bits per heavy atom. The van der Waals surface area contributed by atoms with Crippen LogP contribution in [0.3, 0.4) is 0 Å². The third-order valence-electron chi connectivity index (χ3n) is 2.30. The van der Waals surface area contributed by atoms with Gasteiger partial charge in [-0.25, -0.2) is 0 Å². The molecule has 0 aliphatic carbocycles. The van der Waals surface area contributed by atoms with Gasteiger partial charge in [-0.1, -0.05) is 25.6 Å². The first-order valence-corrected chi connectivity index (χ1v) is 5.27. The van der Waals surface area contributed by atoms with E-state index in [4.69, 9.17) is 4.74 Å². The van der Waals surface area contributed by atoms with Gasteiger partial charge in [0.05, 0.1) is 11.6 Å². The largest absolute Gasteiger partial charge is 0.496 e. The van der Waals surface area contributed by atoms with E-state index in [2.05, 4.69) is 15.9 Å². The van der Waals surface area contributed by atoms with Crippen molar-refractivity contribution in [1.82, 2.24) is 0 Å². The number of hydrogen-bond donors (Lipinski definition) is 0. The van der Waals surface area contributed by atoms with E-state index in [1.807, 2.05) is 24.3 Å². The van der Waals surface area contributed by atoms with Gasteiger partial charge in [-0.05, 0) is 38.8 Å². The molecule has 84 valence electrons. The number of aldehydes is 1. The van der Waals surface area contributed by atoms with Gasteiger partial charge in [-0.15, -0.1) is 0 Å². The van der Waals surface area contributed by atoms with E-state index in [1.165, 1.54) is 0 Å². The molecule has 3 heteroatoms. The second kappa shape index (κ2) is 5.12. The van der Waals surface area contributed by atoms with Crippen molar-refractivity contribution in [3.8, 4) is 5.75 Å². The minimum Gasteiger partial charge on any atom is -0.496 e. The average molecular weight is 281 g/mol. The molecule has 2 nitrogen and oxygen atoms in total. The van der Waals surface area contributed by atoms with Crippen LogP contribution in [0, 0.1) is 0 Å². The van der Waals surface area contributed by atoms with Crippen molar-refractivity contribution >= 4 is 33.0 Å². The summed E-state index contributed by atoms with van der Waals surface area (Å²) in [6, 6.07) is 9.37. The summed E-state index contributed by atoms with van der Waals surface area (Å²) in [6.07, 6.45) is 0.845. The Hall–Kier alpha value is -1.35. The van der Waals surface area contributed by atoms with Crippen molar-refractivity contribution in [3.05, 3.63) is 40.4 Å². The van der Waals surface area contributed by atoms with Gasteiger partial charge in [0.1, 0.15) is 12.0 Å². The Kier molecular flexibility index (Phi) is 4.07. The highest BCUT2D eigenvalue weighted by Gasteiger charge is 2.05. The molecule has 2 aromatic rings. The van der Waals surface area contributed by atoms with Crippen molar-refractivity contribution in [2.75, 3.05) is 7.11 Å². The lowest BCUT2D eigenvalue weighted by molar-refractivity contribution is 0.112. The second-order valence-electron chi connectivity index (χ2n) is 3.18. The number of fused-ring (bicyclic) bond motifs is 1. The van der Waals surface area contributed by atoms with Crippen molar-refractivity contribution in [1.29, 1.82) is 0 Å². The number of halogens is 1. The topological polar surface area (TPSA) is 26.3 Å². The molecule has 0 aromatic heterocycles. The van der Waals surface area contributed by atoms with Crippen LogP contribution in [-0.4, -0.2) is 13.4 Å². The van der Waals surface area contributed by atoms with Crippen LogP contribution in [-0.2, 0) is 0 Å². The number of ether oxygens (including phenoxy) is 1. The smallest absolute Gasteiger partial charge is 0.150 e. The predicted octanol–water partition coefficient (Wildman–Crippen LogP) is 4.06. The van der Waals surface area contributed by atoms with Gasteiger partial charge in [0.25, 0.3) is 0 Å². The van der Waals surface area contributed by atoms with E-state index in [9.17, 15) is 4.79 Å². The lowest BCUT2D eigenvalue weighted by Crippen LogP contribution is -1.86. The summed E-state index contributed by atoms with van der Waals surface area (Å²) in [5.41, 5.74) is 0.680. The van der Waals surface area contributed by atoms with E-state index in [0.717, 1.165) is 27.3 Å². The fraction of sp³-hybridized carbons (Fsp3) is 0.154. The van der Waals surface area contributed by atoms with Crippen LogP contribution in [0.25, 0.3) is 10.8 Å². The highest BCUT2D eigenvalue weighted by Crippen LogP contribution is 2.33. The molecule has 0 aliphatic heterocycles. The number of benzene rings is 2. The van der Waals surface area contributed by atoms with Crippen LogP contribution in [0.5, 0.6) is 5.75 Å². The minimum atomic E-state index is 0. The first kappa shape index (κ1) is 12.7. The van der Waals surface area contributed by atoms with Gasteiger partial charge in [0.15, 0.2) is 0 Å². The molecule has 2 rings (SSSR count). The second-order valence-corrected chi connectivity index (χ2v) is 3.97. The zero-order chi connectivity index (χ0) is 10.8. The summed E-state index contributed by atoms with van der Waals surface area (Å²) < 4.78 is 6.11. The molecule has 0 unspecified atom stereocenters. The molecule has 0 atom stereocenters. The first-order chi connectivity index (χ1) is 7.26. The van der Waals surface area contributed by atoms with Gasteiger partial charge in [0, 0.05) is 5.56 Å². The Bertz CT molecular complexity index is 521. The van der Waals surface area contributed by atoms with Gasteiger partial charge in [-0.2, -0.15) is 0 Å². The summed E-state index contributed by atoms with van der Waals surface area (Å²) in [5, 5.41) is 2.06. The van der Waals surface area contributed by atoms with Crippen LogP contribution in [0.15, 0.2) is 34.8 Å². The molecule has 0 bridgehead atoms. The van der Waals surface area contributed by atoms with E-state index < -0.39 is 0 Å². The molecule has 0 spiro atoms. The highest BCUT2D eigenvalue weighted by atomic mass is 79.9. The zero-order valence-corrected chi connectivity index (χ0v) is 9.74. The fourth-order valence-electron chi connectivity index (χ4n) is 1.52. The summed E-state index contributed by atoms with van der Waals surface area (Å²) in [6.45, 7) is 0. The van der Waals surface area contributed by atoms with E-state index >= 15 is 0 Å².